The predicted octanol–water partition coefficient (Wildman–Crippen LogP) is 8.44. The highest BCUT2D eigenvalue weighted by Crippen LogP contribution is 2.20. The fraction of sp³-hybridized carbons (Fsp3) is 0.192. The van der Waals surface area contributed by atoms with Crippen LogP contribution in [-0.2, 0) is 32.2 Å². The zero-order valence-electron chi connectivity index (χ0n) is 31.7. The van der Waals surface area contributed by atoms with Crippen molar-refractivity contribution in [3.63, 3.8) is 0 Å². The molecule has 56 heavy (non-hydrogen) atoms. The molecule has 0 saturated carbocycles. The van der Waals surface area contributed by atoms with Gasteiger partial charge >= 0.3 is 0 Å². The van der Waals surface area contributed by atoms with E-state index in [2.05, 4.69) is 71.0 Å². The standard InChI is InChI=1S/C52H42O4/c1-43(31-33-47-23-11-5-12-24-47)55-41-51-39-50(30-18-38-54-36-16-28-46-21-9-4-10-22-46)52(42-56-44(2)32-34-48-25-13-6-14-26-48)40-49(51)29-17-37-53-35-15-27-45-19-7-3-8-20-45/h3-14,19-26,39-40,43-44H,35-38,41-42H2,1-2H3/t43-,44-/m0/s1. The van der Waals surface area contributed by atoms with Crippen molar-refractivity contribution < 1.29 is 18.9 Å². The van der Waals surface area contributed by atoms with Gasteiger partial charge in [0.1, 0.15) is 38.6 Å². The summed E-state index contributed by atoms with van der Waals surface area (Å²) in [4.78, 5) is 0. The molecule has 0 N–H and O–H groups in total. The third kappa shape index (κ3) is 15.3. The zero-order valence-corrected chi connectivity index (χ0v) is 31.7. The third-order valence-corrected chi connectivity index (χ3v) is 7.85. The van der Waals surface area contributed by atoms with Gasteiger partial charge in [-0.25, -0.2) is 0 Å². The van der Waals surface area contributed by atoms with E-state index >= 15 is 0 Å². The average molecular weight is 731 g/mol. The SMILES string of the molecule is C[C@@H](C#Cc1ccccc1)OCc1cc(C#CCOCC#Cc2ccccc2)c(CO[C@@H](C)C#Cc2ccccc2)cc1C#CCOCC#Cc1ccccc1. The van der Waals surface area contributed by atoms with Crippen molar-refractivity contribution in [2.24, 2.45) is 0 Å². The first-order valence-electron chi connectivity index (χ1n) is 18.4. The number of rotatable bonds is 10. The van der Waals surface area contributed by atoms with E-state index in [9.17, 15) is 0 Å². The maximum atomic E-state index is 6.24. The van der Waals surface area contributed by atoms with Crippen LogP contribution in [0.25, 0.3) is 0 Å². The van der Waals surface area contributed by atoms with Gasteiger partial charge in [-0.1, -0.05) is 144 Å². The fourth-order valence-electron chi connectivity index (χ4n) is 4.97. The highest BCUT2D eigenvalue weighted by molar-refractivity contribution is 5.52. The molecule has 5 rings (SSSR count). The Bertz CT molecular complexity index is 2200. The van der Waals surface area contributed by atoms with Crippen molar-refractivity contribution in [1.82, 2.24) is 0 Å². The molecule has 4 nitrogen and oxygen atoms in total. The molecule has 4 heteroatoms. The summed E-state index contributed by atoms with van der Waals surface area (Å²) in [5.74, 6) is 38.0. The molecule has 5 aromatic carbocycles. The Balaban J connectivity index is 1.35. The highest BCUT2D eigenvalue weighted by Gasteiger charge is 2.11. The number of benzene rings is 5. The molecule has 0 aromatic heterocycles. The van der Waals surface area contributed by atoms with Crippen LogP contribution in [0.2, 0.25) is 0 Å². The van der Waals surface area contributed by atoms with Crippen molar-refractivity contribution in [3.8, 4) is 71.0 Å². The Kier molecular flexibility index (Phi) is 17.2. The minimum Gasteiger partial charge on any atom is -0.361 e. The van der Waals surface area contributed by atoms with Crippen LogP contribution in [0.1, 0.15) is 58.4 Å². The van der Waals surface area contributed by atoms with Gasteiger partial charge in [0.25, 0.3) is 0 Å². The second-order valence-electron chi connectivity index (χ2n) is 12.3. The van der Waals surface area contributed by atoms with Crippen molar-refractivity contribution in [1.29, 1.82) is 0 Å². The van der Waals surface area contributed by atoms with Gasteiger partial charge in [-0.3, -0.25) is 0 Å². The normalized spacial score (nSPS) is 10.8. The molecule has 0 aliphatic heterocycles. The van der Waals surface area contributed by atoms with Gasteiger partial charge in [0.05, 0.1) is 13.2 Å². The Morgan fingerprint density at radius 1 is 0.393 bits per heavy atom. The molecule has 0 aliphatic rings. The van der Waals surface area contributed by atoms with Gasteiger partial charge in [-0.05, 0) is 85.6 Å². The van der Waals surface area contributed by atoms with E-state index in [1.165, 1.54) is 0 Å². The van der Waals surface area contributed by atoms with E-state index in [4.69, 9.17) is 18.9 Å². The van der Waals surface area contributed by atoms with Crippen molar-refractivity contribution in [3.05, 3.63) is 178 Å². The summed E-state index contributed by atoms with van der Waals surface area (Å²) in [5, 5.41) is 0. The quantitative estimate of drug-likeness (QED) is 0.107. The van der Waals surface area contributed by atoms with Crippen LogP contribution in [-0.4, -0.2) is 38.6 Å². The minimum atomic E-state index is -0.325. The predicted molar refractivity (Wildman–Crippen MR) is 224 cm³/mol. The van der Waals surface area contributed by atoms with Crippen LogP contribution in [0.15, 0.2) is 133 Å². The average Bonchev–Trinajstić information content (AvgIpc) is 3.24. The van der Waals surface area contributed by atoms with E-state index in [0.717, 1.165) is 44.5 Å². The summed E-state index contributed by atoms with van der Waals surface area (Å²) >= 11 is 0. The summed E-state index contributed by atoms with van der Waals surface area (Å²) in [6, 6.07) is 43.3. The number of hydrogen-bond acceptors (Lipinski definition) is 4. The van der Waals surface area contributed by atoms with Crippen LogP contribution in [0, 0.1) is 71.0 Å². The van der Waals surface area contributed by atoms with Crippen molar-refractivity contribution in [2.45, 2.75) is 39.3 Å². The van der Waals surface area contributed by atoms with E-state index < -0.39 is 0 Å². The minimum absolute atomic E-state index is 0.215. The lowest BCUT2D eigenvalue weighted by molar-refractivity contribution is 0.0879. The summed E-state index contributed by atoms with van der Waals surface area (Å²) in [5.41, 5.74) is 7.05. The second-order valence-corrected chi connectivity index (χ2v) is 12.3. The van der Waals surface area contributed by atoms with Gasteiger partial charge < -0.3 is 18.9 Å². The largest absolute Gasteiger partial charge is 0.361 e. The molecule has 0 amide bonds. The van der Waals surface area contributed by atoms with Gasteiger partial charge in [-0.2, -0.15) is 0 Å². The fourth-order valence-corrected chi connectivity index (χ4v) is 4.97. The Hall–Kier alpha value is -6.70. The lowest BCUT2D eigenvalue weighted by Crippen LogP contribution is -2.09. The molecule has 0 bridgehead atoms. The molecule has 5 aromatic rings. The third-order valence-electron chi connectivity index (χ3n) is 7.85. The maximum absolute atomic E-state index is 6.24. The summed E-state index contributed by atoms with van der Waals surface area (Å²) < 4.78 is 23.9. The molecular formula is C52H42O4. The lowest BCUT2D eigenvalue weighted by Gasteiger charge is -2.14. The van der Waals surface area contributed by atoms with Gasteiger partial charge in [-0.15, -0.1) is 0 Å². The molecule has 0 saturated heterocycles. The van der Waals surface area contributed by atoms with Gasteiger partial charge in [0.15, 0.2) is 0 Å². The van der Waals surface area contributed by atoms with Gasteiger partial charge in [0, 0.05) is 33.4 Å². The first-order chi connectivity index (χ1) is 27.6. The van der Waals surface area contributed by atoms with Crippen molar-refractivity contribution in [2.75, 3.05) is 26.4 Å². The molecule has 0 fully saturated rings. The highest BCUT2D eigenvalue weighted by atomic mass is 16.5. The molecule has 0 heterocycles. The monoisotopic (exact) mass is 730 g/mol. The summed E-state index contributed by atoms with van der Waals surface area (Å²) in [6.07, 6.45) is -0.649. The topological polar surface area (TPSA) is 36.9 Å². The second kappa shape index (κ2) is 23.9. The molecule has 2 atom stereocenters. The van der Waals surface area contributed by atoms with Crippen LogP contribution in [0.4, 0.5) is 0 Å². The maximum Gasteiger partial charge on any atom is 0.116 e. The Labute approximate surface area is 332 Å². The number of ether oxygens (including phenoxy) is 4. The molecule has 274 valence electrons. The van der Waals surface area contributed by atoms with Gasteiger partial charge in [0.2, 0.25) is 0 Å². The van der Waals surface area contributed by atoms with Crippen molar-refractivity contribution >= 4 is 0 Å². The molecule has 0 radical (unpaired) electrons. The van der Waals surface area contributed by atoms with E-state index in [0.29, 0.717) is 0 Å². The van der Waals surface area contributed by atoms with Crippen LogP contribution in [0.3, 0.4) is 0 Å². The summed E-state index contributed by atoms with van der Waals surface area (Å²) in [6.45, 7) is 5.39. The van der Waals surface area contributed by atoms with Crippen LogP contribution in [0.5, 0.6) is 0 Å². The van der Waals surface area contributed by atoms with E-state index in [-0.39, 0.29) is 51.8 Å². The molecule has 0 spiro atoms. The van der Waals surface area contributed by atoms with E-state index in [1.54, 1.807) is 0 Å². The molecule has 0 aliphatic carbocycles. The molecule has 0 unspecified atom stereocenters. The number of hydrogen-bond donors (Lipinski definition) is 0. The Morgan fingerprint density at radius 3 is 1.04 bits per heavy atom. The van der Waals surface area contributed by atoms with E-state index in [1.807, 2.05) is 147 Å². The molecular weight excluding hydrogens is 689 g/mol. The first kappa shape index (κ1) is 40.5. The zero-order chi connectivity index (χ0) is 38.9. The lowest BCUT2D eigenvalue weighted by atomic mass is 9.99. The smallest absolute Gasteiger partial charge is 0.116 e. The first-order valence-corrected chi connectivity index (χ1v) is 18.4. The van der Waals surface area contributed by atoms with Crippen LogP contribution >= 0.6 is 0 Å². The van der Waals surface area contributed by atoms with Crippen LogP contribution < -0.4 is 0 Å². The Morgan fingerprint density at radius 2 is 0.696 bits per heavy atom. The summed E-state index contributed by atoms with van der Waals surface area (Å²) in [7, 11) is 0.